The molecule has 1 heterocycles. The molecular weight excluding hydrogens is 242 g/mol. The van der Waals surface area contributed by atoms with Crippen molar-refractivity contribution >= 4 is 29.0 Å². The molecule has 1 aromatic heterocycles. The maximum absolute atomic E-state index is 11.2. The van der Waals surface area contributed by atoms with Crippen molar-refractivity contribution < 1.29 is 4.79 Å². The van der Waals surface area contributed by atoms with Gasteiger partial charge in [0.05, 0.1) is 0 Å². The zero-order valence-corrected chi connectivity index (χ0v) is 11.3. The molecule has 6 heteroatoms. The number of carbonyl (C=O) groups excluding carboxylic acids is 1. The third kappa shape index (κ3) is 4.49. The van der Waals surface area contributed by atoms with E-state index in [9.17, 15) is 4.79 Å². The van der Waals surface area contributed by atoms with E-state index in [2.05, 4.69) is 22.4 Å². The average Bonchev–Trinajstić information content (AvgIpc) is 2.76. The lowest BCUT2D eigenvalue weighted by atomic mass is 10.2. The van der Waals surface area contributed by atoms with Crippen molar-refractivity contribution in [3.8, 4) is 0 Å². The molecule has 1 aromatic rings. The zero-order valence-electron chi connectivity index (χ0n) is 9.65. The molecule has 0 fully saturated rings. The van der Waals surface area contributed by atoms with Gasteiger partial charge in [0, 0.05) is 12.8 Å². The number of thioether (sulfide) groups is 1. The molecule has 0 radical (unpaired) electrons. The fraction of sp³-hybridized carbons (Fsp3) is 0.700. The van der Waals surface area contributed by atoms with Gasteiger partial charge in [-0.3, -0.25) is 4.79 Å². The van der Waals surface area contributed by atoms with E-state index >= 15 is 0 Å². The minimum absolute atomic E-state index is 0.157. The van der Waals surface area contributed by atoms with Gasteiger partial charge in [-0.2, -0.15) is 0 Å². The Labute approximate surface area is 104 Å². The molecule has 90 valence electrons. The van der Waals surface area contributed by atoms with Crippen LogP contribution in [-0.2, 0) is 0 Å². The summed E-state index contributed by atoms with van der Waals surface area (Å²) in [5.74, 6) is 0.901. The quantitative estimate of drug-likeness (QED) is 0.604. The lowest BCUT2D eigenvalue weighted by molar-refractivity contribution is 0.0962. The number of nitrogens with zero attached hydrogens (tertiary/aromatic N) is 2. The van der Waals surface area contributed by atoms with E-state index in [4.69, 9.17) is 0 Å². The van der Waals surface area contributed by atoms with Gasteiger partial charge in [-0.1, -0.05) is 49.3 Å². The molecule has 0 unspecified atom stereocenters. The molecule has 0 aromatic carbocycles. The maximum Gasteiger partial charge on any atom is 0.282 e. The van der Waals surface area contributed by atoms with Crippen LogP contribution in [0.25, 0.3) is 0 Å². The maximum atomic E-state index is 11.2. The van der Waals surface area contributed by atoms with Gasteiger partial charge in [-0.15, -0.1) is 10.2 Å². The largest absolute Gasteiger partial charge is 0.353 e. The number of hydrogen-bond acceptors (Lipinski definition) is 5. The summed E-state index contributed by atoms with van der Waals surface area (Å²) in [7, 11) is 1.60. The molecule has 0 saturated carbocycles. The summed E-state index contributed by atoms with van der Waals surface area (Å²) < 4.78 is 0.884. The van der Waals surface area contributed by atoms with Gasteiger partial charge < -0.3 is 5.32 Å². The van der Waals surface area contributed by atoms with Crippen molar-refractivity contribution in [1.29, 1.82) is 0 Å². The van der Waals surface area contributed by atoms with Gasteiger partial charge >= 0.3 is 0 Å². The topological polar surface area (TPSA) is 54.9 Å². The fourth-order valence-corrected chi connectivity index (χ4v) is 3.02. The van der Waals surface area contributed by atoms with Gasteiger partial charge in [-0.25, -0.2) is 0 Å². The van der Waals surface area contributed by atoms with Crippen LogP contribution in [0.5, 0.6) is 0 Å². The second kappa shape index (κ2) is 7.62. The minimum Gasteiger partial charge on any atom is -0.353 e. The molecular formula is C10H17N3OS2. The first-order valence-electron chi connectivity index (χ1n) is 5.46. The van der Waals surface area contributed by atoms with Crippen LogP contribution in [-0.4, -0.2) is 28.9 Å². The summed E-state index contributed by atoms with van der Waals surface area (Å²) in [6.07, 6.45) is 5.02. The highest BCUT2D eigenvalue weighted by molar-refractivity contribution is 8.01. The number of hydrogen-bond donors (Lipinski definition) is 1. The van der Waals surface area contributed by atoms with Crippen LogP contribution in [0.2, 0.25) is 0 Å². The van der Waals surface area contributed by atoms with E-state index < -0.39 is 0 Å². The van der Waals surface area contributed by atoms with Crippen molar-refractivity contribution in [2.24, 2.45) is 0 Å². The van der Waals surface area contributed by atoms with Crippen LogP contribution in [0.4, 0.5) is 0 Å². The number of rotatable bonds is 7. The zero-order chi connectivity index (χ0) is 11.8. The molecule has 0 spiro atoms. The smallest absolute Gasteiger partial charge is 0.282 e. The van der Waals surface area contributed by atoms with Crippen LogP contribution in [0.15, 0.2) is 4.34 Å². The van der Waals surface area contributed by atoms with E-state index in [1.807, 2.05) is 0 Å². The van der Waals surface area contributed by atoms with Gasteiger partial charge in [0.2, 0.25) is 5.01 Å². The number of unbranched alkanes of at least 4 members (excludes halogenated alkanes) is 3. The first-order valence-corrected chi connectivity index (χ1v) is 7.26. The molecule has 0 aliphatic carbocycles. The van der Waals surface area contributed by atoms with Gasteiger partial charge in [0.1, 0.15) is 0 Å². The van der Waals surface area contributed by atoms with Crippen LogP contribution in [0.3, 0.4) is 0 Å². The Hall–Kier alpha value is -0.620. The number of carbonyl (C=O) groups is 1. The number of aromatic nitrogens is 2. The summed E-state index contributed by atoms with van der Waals surface area (Å²) >= 11 is 3.04. The van der Waals surface area contributed by atoms with Gasteiger partial charge in [0.15, 0.2) is 4.34 Å². The van der Waals surface area contributed by atoms with Crippen molar-refractivity contribution in [3.05, 3.63) is 5.01 Å². The van der Waals surface area contributed by atoms with Gasteiger partial charge in [0.25, 0.3) is 5.91 Å². The SMILES string of the molecule is CCCCCCSc1nnc(C(=O)NC)s1. The van der Waals surface area contributed by atoms with Crippen molar-refractivity contribution in [2.45, 2.75) is 36.9 Å². The second-order valence-electron chi connectivity index (χ2n) is 3.36. The molecule has 0 aliphatic heterocycles. The van der Waals surface area contributed by atoms with Crippen LogP contribution < -0.4 is 5.32 Å². The Bertz CT molecular complexity index is 328. The molecule has 1 N–H and O–H groups in total. The standard InChI is InChI=1S/C10H17N3OS2/c1-3-4-5-6-7-15-10-13-12-9(16-10)8(14)11-2/h3-7H2,1-2H3,(H,11,14). The number of amides is 1. The highest BCUT2D eigenvalue weighted by atomic mass is 32.2. The molecule has 4 nitrogen and oxygen atoms in total. The fourth-order valence-electron chi connectivity index (χ4n) is 1.16. The van der Waals surface area contributed by atoms with Crippen molar-refractivity contribution in [1.82, 2.24) is 15.5 Å². The summed E-state index contributed by atoms with van der Waals surface area (Å²) in [5.41, 5.74) is 0. The molecule has 0 bridgehead atoms. The molecule has 1 rings (SSSR count). The Kier molecular flexibility index (Phi) is 6.40. The summed E-state index contributed by atoms with van der Waals surface area (Å²) in [6, 6.07) is 0. The lowest BCUT2D eigenvalue weighted by Gasteiger charge is -1.96. The second-order valence-corrected chi connectivity index (χ2v) is 5.68. The Morgan fingerprint density at radius 2 is 2.19 bits per heavy atom. The van der Waals surface area contributed by atoms with Crippen LogP contribution in [0.1, 0.15) is 42.4 Å². The van der Waals surface area contributed by atoms with E-state index in [1.54, 1.807) is 18.8 Å². The summed E-state index contributed by atoms with van der Waals surface area (Å²) in [6.45, 7) is 2.20. The highest BCUT2D eigenvalue weighted by Crippen LogP contribution is 2.23. The Morgan fingerprint density at radius 3 is 2.88 bits per heavy atom. The lowest BCUT2D eigenvalue weighted by Crippen LogP contribution is -2.17. The van der Waals surface area contributed by atoms with Crippen LogP contribution in [0, 0.1) is 0 Å². The van der Waals surface area contributed by atoms with Gasteiger partial charge in [-0.05, 0) is 6.42 Å². The molecule has 0 saturated heterocycles. The van der Waals surface area contributed by atoms with E-state index in [-0.39, 0.29) is 5.91 Å². The summed E-state index contributed by atoms with van der Waals surface area (Å²) in [5, 5.41) is 10.8. The van der Waals surface area contributed by atoms with Crippen molar-refractivity contribution in [3.63, 3.8) is 0 Å². The molecule has 0 aliphatic rings. The number of nitrogens with one attached hydrogen (secondary N) is 1. The average molecular weight is 259 g/mol. The van der Waals surface area contributed by atoms with E-state index in [1.165, 1.54) is 37.0 Å². The van der Waals surface area contributed by atoms with E-state index in [0.29, 0.717) is 5.01 Å². The van der Waals surface area contributed by atoms with Crippen molar-refractivity contribution in [2.75, 3.05) is 12.8 Å². The highest BCUT2D eigenvalue weighted by Gasteiger charge is 2.10. The monoisotopic (exact) mass is 259 g/mol. The van der Waals surface area contributed by atoms with Crippen LogP contribution >= 0.6 is 23.1 Å². The normalized spacial score (nSPS) is 10.4. The van der Waals surface area contributed by atoms with E-state index in [0.717, 1.165) is 10.1 Å². The molecule has 0 atom stereocenters. The third-order valence-electron chi connectivity index (χ3n) is 2.05. The Morgan fingerprint density at radius 1 is 1.38 bits per heavy atom. The Balaban J connectivity index is 2.27. The third-order valence-corrected chi connectivity index (χ3v) is 4.19. The first kappa shape index (κ1) is 13.4. The first-order chi connectivity index (χ1) is 7.77. The minimum atomic E-state index is -0.157. The predicted octanol–water partition coefficient (Wildman–Crippen LogP) is 2.57. The molecule has 1 amide bonds. The summed E-state index contributed by atoms with van der Waals surface area (Å²) in [4.78, 5) is 11.2. The predicted molar refractivity (Wildman–Crippen MR) is 68.2 cm³/mol. The molecule has 16 heavy (non-hydrogen) atoms.